The van der Waals surface area contributed by atoms with Crippen LogP contribution in [-0.2, 0) is 0 Å². The number of nitrogens with one attached hydrogen (secondary N) is 1. The van der Waals surface area contributed by atoms with Gasteiger partial charge in [-0.3, -0.25) is 14.9 Å². The van der Waals surface area contributed by atoms with E-state index in [0.29, 0.717) is 17.7 Å². The largest absolute Gasteiger partial charge is 0.351 e. The number of carbonyl (C=O) groups is 1. The number of hydrogen-bond acceptors (Lipinski definition) is 3. The molecule has 0 aliphatic carbocycles. The monoisotopic (exact) mass is 328 g/mol. The predicted molar refractivity (Wildman–Crippen MR) is 77.8 cm³/mol. The zero-order chi connectivity index (χ0) is 14.4. The molecule has 104 valence electrons. The number of alkyl halides is 1. The van der Waals surface area contributed by atoms with E-state index < -0.39 is 4.92 Å². The molecule has 0 aliphatic rings. The molecule has 6 heteroatoms. The van der Waals surface area contributed by atoms with Gasteiger partial charge in [0, 0.05) is 29.1 Å². The minimum absolute atomic E-state index is 0.0610. The van der Waals surface area contributed by atoms with E-state index in [9.17, 15) is 14.9 Å². The van der Waals surface area contributed by atoms with Gasteiger partial charge in [0.15, 0.2) is 0 Å². The number of benzene rings is 1. The van der Waals surface area contributed by atoms with Gasteiger partial charge in [-0.05, 0) is 25.0 Å². The molecule has 5 nitrogen and oxygen atoms in total. The van der Waals surface area contributed by atoms with Gasteiger partial charge in [0.25, 0.3) is 11.6 Å². The SMILES string of the molecule is CCCC(Br)CNC(=O)c1cc(C)cc([N+](=O)[O-])c1. The van der Waals surface area contributed by atoms with Crippen LogP contribution >= 0.6 is 15.9 Å². The molecule has 0 radical (unpaired) electrons. The van der Waals surface area contributed by atoms with Gasteiger partial charge in [0.1, 0.15) is 0 Å². The lowest BCUT2D eigenvalue weighted by Crippen LogP contribution is -2.29. The van der Waals surface area contributed by atoms with Gasteiger partial charge in [0.05, 0.1) is 4.92 Å². The van der Waals surface area contributed by atoms with Crippen LogP contribution in [0.3, 0.4) is 0 Å². The van der Waals surface area contributed by atoms with Gasteiger partial charge in [0.2, 0.25) is 0 Å². The molecule has 1 rings (SSSR count). The molecule has 1 amide bonds. The number of rotatable bonds is 6. The van der Waals surface area contributed by atoms with Crippen LogP contribution in [0.25, 0.3) is 0 Å². The minimum atomic E-state index is -0.492. The van der Waals surface area contributed by atoms with Crippen LogP contribution in [0.1, 0.15) is 35.7 Å². The van der Waals surface area contributed by atoms with E-state index in [1.54, 1.807) is 13.0 Å². The number of nitro groups is 1. The highest BCUT2D eigenvalue weighted by Gasteiger charge is 2.14. The molecule has 0 aromatic heterocycles. The highest BCUT2D eigenvalue weighted by atomic mass is 79.9. The normalized spacial score (nSPS) is 11.9. The summed E-state index contributed by atoms with van der Waals surface area (Å²) in [5.74, 6) is -0.285. The van der Waals surface area contributed by atoms with Crippen molar-refractivity contribution in [3.8, 4) is 0 Å². The predicted octanol–water partition coefficient (Wildman–Crippen LogP) is 3.20. The molecule has 0 aliphatic heterocycles. The Kier molecular flexibility index (Phi) is 5.95. The van der Waals surface area contributed by atoms with E-state index in [2.05, 4.69) is 28.2 Å². The first-order valence-corrected chi connectivity index (χ1v) is 7.04. The Balaban J connectivity index is 2.74. The quantitative estimate of drug-likeness (QED) is 0.495. The van der Waals surface area contributed by atoms with Crippen molar-refractivity contribution >= 4 is 27.5 Å². The van der Waals surface area contributed by atoms with Crippen molar-refractivity contribution < 1.29 is 9.72 Å². The van der Waals surface area contributed by atoms with E-state index >= 15 is 0 Å². The van der Waals surface area contributed by atoms with E-state index in [1.807, 2.05) is 0 Å². The van der Waals surface area contributed by atoms with Crippen molar-refractivity contribution in [2.24, 2.45) is 0 Å². The van der Waals surface area contributed by atoms with Crippen LogP contribution in [-0.4, -0.2) is 22.2 Å². The lowest BCUT2D eigenvalue weighted by Gasteiger charge is -2.10. The standard InChI is InChI=1S/C13H17BrN2O3/c1-3-4-11(14)8-15-13(17)10-5-9(2)6-12(7-10)16(18)19/h5-7,11H,3-4,8H2,1-2H3,(H,15,17). The van der Waals surface area contributed by atoms with Gasteiger partial charge < -0.3 is 5.32 Å². The summed E-state index contributed by atoms with van der Waals surface area (Å²) >= 11 is 3.47. The third kappa shape index (κ3) is 4.98. The molecule has 1 atom stereocenters. The zero-order valence-corrected chi connectivity index (χ0v) is 12.6. The summed E-state index contributed by atoms with van der Waals surface area (Å²) in [4.78, 5) is 22.4. The molecule has 1 aromatic carbocycles. The van der Waals surface area contributed by atoms with Crippen molar-refractivity contribution in [2.45, 2.75) is 31.5 Å². The molecule has 0 fully saturated rings. The molecular formula is C13H17BrN2O3. The fraction of sp³-hybridized carbons (Fsp3) is 0.462. The highest BCUT2D eigenvalue weighted by Crippen LogP contribution is 2.16. The van der Waals surface area contributed by atoms with Crippen LogP contribution in [0.5, 0.6) is 0 Å². The van der Waals surface area contributed by atoms with Gasteiger partial charge in [-0.2, -0.15) is 0 Å². The van der Waals surface area contributed by atoms with Crippen molar-refractivity contribution in [2.75, 3.05) is 6.54 Å². The first kappa shape index (κ1) is 15.6. The Bertz CT molecular complexity index is 477. The lowest BCUT2D eigenvalue weighted by atomic mass is 10.1. The Hall–Kier alpha value is -1.43. The number of nitro benzene ring substituents is 1. The molecule has 0 saturated carbocycles. The Morgan fingerprint density at radius 1 is 1.47 bits per heavy atom. The Morgan fingerprint density at radius 3 is 2.74 bits per heavy atom. The summed E-state index contributed by atoms with van der Waals surface area (Å²) in [7, 11) is 0. The molecule has 0 heterocycles. The average molecular weight is 329 g/mol. The molecular weight excluding hydrogens is 312 g/mol. The number of carbonyl (C=O) groups excluding carboxylic acids is 1. The maximum absolute atomic E-state index is 11.9. The second-order valence-corrected chi connectivity index (χ2v) is 5.71. The summed E-state index contributed by atoms with van der Waals surface area (Å²) in [6, 6.07) is 4.39. The van der Waals surface area contributed by atoms with E-state index in [-0.39, 0.29) is 16.4 Å². The maximum Gasteiger partial charge on any atom is 0.270 e. The first-order chi connectivity index (χ1) is 8.93. The average Bonchev–Trinajstić information content (AvgIpc) is 2.35. The second kappa shape index (κ2) is 7.23. The fourth-order valence-corrected chi connectivity index (χ4v) is 2.34. The van der Waals surface area contributed by atoms with E-state index in [1.165, 1.54) is 12.1 Å². The van der Waals surface area contributed by atoms with Gasteiger partial charge in [-0.25, -0.2) is 0 Å². The van der Waals surface area contributed by atoms with Crippen molar-refractivity contribution in [3.63, 3.8) is 0 Å². The summed E-state index contributed by atoms with van der Waals surface area (Å²) in [6.45, 7) is 4.31. The second-order valence-electron chi connectivity index (χ2n) is 4.41. The van der Waals surface area contributed by atoms with E-state index in [4.69, 9.17) is 0 Å². The Labute approximate surface area is 120 Å². The molecule has 0 saturated heterocycles. The molecule has 1 aromatic rings. The number of hydrogen-bond donors (Lipinski definition) is 1. The van der Waals surface area contributed by atoms with Crippen LogP contribution in [0.15, 0.2) is 18.2 Å². The van der Waals surface area contributed by atoms with Crippen molar-refractivity contribution in [3.05, 3.63) is 39.4 Å². The number of non-ortho nitro benzene ring substituents is 1. The van der Waals surface area contributed by atoms with E-state index in [0.717, 1.165) is 12.8 Å². The topological polar surface area (TPSA) is 72.2 Å². The first-order valence-electron chi connectivity index (χ1n) is 6.12. The lowest BCUT2D eigenvalue weighted by molar-refractivity contribution is -0.384. The van der Waals surface area contributed by atoms with Crippen LogP contribution in [0.4, 0.5) is 5.69 Å². The molecule has 0 spiro atoms. The van der Waals surface area contributed by atoms with Crippen LogP contribution < -0.4 is 5.32 Å². The van der Waals surface area contributed by atoms with Crippen molar-refractivity contribution in [1.29, 1.82) is 0 Å². The van der Waals surface area contributed by atoms with Gasteiger partial charge in [-0.15, -0.1) is 0 Å². The summed E-state index contributed by atoms with van der Waals surface area (Å²) in [6.07, 6.45) is 2.00. The molecule has 1 unspecified atom stereocenters. The summed E-state index contributed by atoms with van der Waals surface area (Å²) in [5, 5.41) is 13.5. The third-order valence-corrected chi connectivity index (χ3v) is 3.40. The Morgan fingerprint density at radius 2 is 2.16 bits per heavy atom. The maximum atomic E-state index is 11.9. The fourth-order valence-electron chi connectivity index (χ4n) is 1.72. The van der Waals surface area contributed by atoms with Crippen LogP contribution in [0.2, 0.25) is 0 Å². The zero-order valence-electron chi connectivity index (χ0n) is 11.0. The summed E-state index contributed by atoms with van der Waals surface area (Å²) in [5.41, 5.74) is 0.959. The third-order valence-electron chi connectivity index (χ3n) is 2.62. The number of halogens is 1. The van der Waals surface area contributed by atoms with Crippen LogP contribution in [0, 0.1) is 17.0 Å². The minimum Gasteiger partial charge on any atom is -0.351 e. The number of aryl methyl sites for hydroxylation is 1. The molecule has 0 bridgehead atoms. The van der Waals surface area contributed by atoms with Gasteiger partial charge >= 0.3 is 0 Å². The highest BCUT2D eigenvalue weighted by molar-refractivity contribution is 9.09. The summed E-state index contributed by atoms with van der Waals surface area (Å²) < 4.78 is 0. The van der Waals surface area contributed by atoms with Crippen molar-refractivity contribution in [1.82, 2.24) is 5.32 Å². The van der Waals surface area contributed by atoms with Gasteiger partial charge in [-0.1, -0.05) is 29.3 Å². The smallest absolute Gasteiger partial charge is 0.270 e. The number of nitrogens with zero attached hydrogens (tertiary/aromatic N) is 1. The molecule has 1 N–H and O–H groups in total. The molecule has 19 heavy (non-hydrogen) atoms. The number of amides is 1.